The van der Waals surface area contributed by atoms with E-state index in [1.807, 2.05) is 5.48 Å². The third-order valence-corrected chi connectivity index (χ3v) is 4.08. The van der Waals surface area contributed by atoms with Crippen LogP contribution in [0.5, 0.6) is 0 Å². The Morgan fingerprint density at radius 1 is 1.41 bits per heavy atom. The summed E-state index contributed by atoms with van der Waals surface area (Å²) in [6.45, 7) is 4.13. The Morgan fingerprint density at radius 2 is 2.06 bits per heavy atom. The lowest BCUT2D eigenvalue weighted by Gasteiger charge is -2.18. The molecule has 0 aliphatic heterocycles. The molecule has 17 heavy (non-hydrogen) atoms. The maximum atomic E-state index is 12.3. The molecule has 7 heteroatoms. The average molecular weight is 260 g/mol. The second kappa shape index (κ2) is 6.71. The zero-order valence-electron chi connectivity index (χ0n) is 9.92. The summed E-state index contributed by atoms with van der Waals surface area (Å²) in [5, 5.41) is 8.91. The Labute approximate surface area is 100 Å². The van der Waals surface area contributed by atoms with Gasteiger partial charge in [0.2, 0.25) is 0 Å². The number of nitrogens with zero attached hydrogens (tertiary/aromatic N) is 1. The van der Waals surface area contributed by atoms with Crippen molar-refractivity contribution in [2.45, 2.75) is 20.0 Å². The minimum absolute atomic E-state index is 0.0973. The molecule has 1 heterocycles. The van der Waals surface area contributed by atoms with E-state index in [0.29, 0.717) is 24.5 Å². The summed E-state index contributed by atoms with van der Waals surface area (Å²) in [5.74, 6) is 0. The first kappa shape index (κ1) is 14.1. The number of aromatic nitrogens is 1. The van der Waals surface area contributed by atoms with E-state index in [0.717, 1.165) is 0 Å². The summed E-state index contributed by atoms with van der Waals surface area (Å²) in [4.78, 5) is 3.84. The van der Waals surface area contributed by atoms with Crippen LogP contribution in [0.25, 0.3) is 0 Å². The van der Waals surface area contributed by atoms with Gasteiger partial charge in [0.15, 0.2) is 0 Å². The van der Waals surface area contributed by atoms with Gasteiger partial charge in [-0.3, -0.25) is 20.2 Å². The van der Waals surface area contributed by atoms with E-state index in [4.69, 9.17) is 14.3 Å². The fourth-order valence-electron chi connectivity index (χ4n) is 1.39. The third-order valence-electron chi connectivity index (χ3n) is 2.05. The summed E-state index contributed by atoms with van der Waals surface area (Å²) in [7, 11) is -3.16. The zero-order chi connectivity index (χ0) is 12.7. The van der Waals surface area contributed by atoms with Crippen LogP contribution in [0.3, 0.4) is 0 Å². The zero-order valence-corrected chi connectivity index (χ0v) is 10.8. The molecular formula is C10H17N2O4P. The highest BCUT2D eigenvalue weighted by molar-refractivity contribution is 7.53. The lowest BCUT2D eigenvalue weighted by molar-refractivity contribution is 0.219. The molecule has 0 aliphatic rings. The van der Waals surface area contributed by atoms with E-state index in [1.54, 1.807) is 26.1 Å². The molecular weight excluding hydrogens is 243 g/mol. The molecule has 0 bridgehead atoms. The fraction of sp³-hybridized carbons (Fsp3) is 0.500. The van der Waals surface area contributed by atoms with Crippen molar-refractivity contribution in [2.75, 3.05) is 18.7 Å². The third kappa shape index (κ3) is 4.09. The first-order valence-corrected chi connectivity index (χ1v) is 7.09. The van der Waals surface area contributed by atoms with Crippen LogP contribution in [0.15, 0.2) is 18.5 Å². The molecule has 0 saturated carbocycles. The highest BCUT2D eigenvalue weighted by atomic mass is 31.2. The van der Waals surface area contributed by atoms with E-state index in [9.17, 15) is 4.57 Å². The normalized spacial score (nSPS) is 11.5. The van der Waals surface area contributed by atoms with Crippen LogP contribution in [0.2, 0.25) is 0 Å². The van der Waals surface area contributed by atoms with E-state index >= 15 is 0 Å². The summed E-state index contributed by atoms with van der Waals surface area (Å²) in [5.41, 5.74) is 3.04. The molecule has 6 nitrogen and oxygen atoms in total. The number of pyridine rings is 1. The molecule has 0 fully saturated rings. The van der Waals surface area contributed by atoms with Gasteiger partial charge < -0.3 is 9.05 Å². The predicted octanol–water partition coefficient (Wildman–Crippen LogP) is 2.65. The maximum Gasteiger partial charge on any atom is 0.335 e. The summed E-state index contributed by atoms with van der Waals surface area (Å²) < 4.78 is 22.6. The molecule has 0 saturated heterocycles. The van der Waals surface area contributed by atoms with Crippen LogP contribution in [0.4, 0.5) is 5.69 Å². The van der Waals surface area contributed by atoms with Crippen molar-refractivity contribution in [1.82, 2.24) is 4.98 Å². The van der Waals surface area contributed by atoms with Gasteiger partial charge in [-0.25, -0.2) is 0 Å². The lowest BCUT2D eigenvalue weighted by atomic mass is 10.3. The van der Waals surface area contributed by atoms with Gasteiger partial charge in [0.25, 0.3) is 0 Å². The molecule has 0 amide bonds. The van der Waals surface area contributed by atoms with E-state index in [-0.39, 0.29) is 6.16 Å². The van der Waals surface area contributed by atoms with Crippen molar-refractivity contribution >= 4 is 13.3 Å². The average Bonchev–Trinajstić information content (AvgIpc) is 2.30. The van der Waals surface area contributed by atoms with E-state index in [1.165, 1.54) is 6.20 Å². The van der Waals surface area contributed by atoms with Crippen molar-refractivity contribution < 1.29 is 18.8 Å². The first-order chi connectivity index (χ1) is 8.15. The number of hydrogen-bond donors (Lipinski definition) is 2. The molecule has 0 atom stereocenters. The Morgan fingerprint density at radius 3 is 2.59 bits per heavy atom. The van der Waals surface area contributed by atoms with E-state index in [2.05, 4.69) is 4.98 Å². The Bertz CT molecular complexity index is 390. The second-order valence-electron chi connectivity index (χ2n) is 3.25. The number of hydrogen-bond acceptors (Lipinski definition) is 6. The molecule has 0 aromatic carbocycles. The minimum Gasteiger partial charge on any atom is -0.309 e. The van der Waals surface area contributed by atoms with Crippen molar-refractivity contribution in [3.05, 3.63) is 24.0 Å². The van der Waals surface area contributed by atoms with E-state index < -0.39 is 7.60 Å². The number of anilines is 1. The monoisotopic (exact) mass is 260 g/mol. The van der Waals surface area contributed by atoms with Gasteiger partial charge in [-0.1, -0.05) is 0 Å². The van der Waals surface area contributed by atoms with Gasteiger partial charge in [-0.15, -0.1) is 0 Å². The second-order valence-corrected chi connectivity index (χ2v) is 5.30. The Kier molecular flexibility index (Phi) is 5.58. The fourth-order valence-corrected chi connectivity index (χ4v) is 3.13. The van der Waals surface area contributed by atoms with Crippen molar-refractivity contribution in [3.63, 3.8) is 0 Å². The van der Waals surface area contributed by atoms with Crippen LogP contribution in [-0.2, 0) is 19.8 Å². The van der Waals surface area contributed by atoms with Gasteiger partial charge in [-0.2, -0.15) is 0 Å². The molecule has 1 rings (SSSR count). The van der Waals surface area contributed by atoms with Crippen molar-refractivity contribution in [1.29, 1.82) is 0 Å². The smallest absolute Gasteiger partial charge is 0.309 e. The predicted molar refractivity (Wildman–Crippen MR) is 64.2 cm³/mol. The number of nitrogens with one attached hydrogen (secondary N) is 1. The molecule has 1 aromatic heterocycles. The Hall–Kier alpha value is -0.940. The lowest BCUT2D eigenvalue weighted by Crippen LogP contribution is -2.02. The van der Waals surface area contributed by atoms with Crippen LogP contribution in [0, 0.1) is 0 Å². The number of rotatable bonds is 7. The maximum absolute atomic E-state index is 12.3. The molecule has 0 aliphatic carbocycles. The highest BCUT2D eigenvalue weighted by Crippen LogP contribution is 2.52. The van der Waals surface area contributed by atoms with Crippen LogP contribution in [-0.4, -0.2) is 23.4 Å². The molecule has 0 spiro atoms. The summed E-state index contributed by atoms with van der Waals surface area (Å²) in [6, 6.07) is 1.66. The van der Waals surface area contributed by atoms with Crippen molar-refractivity contribution in [3.8, 4) is 0 Å². The SMILES string of the molecule is CCOP(=O)(Cc1ccncc1NO)OCC. The van der Waals surface area contributed by atoms with Gasteiger partial charge in [0, 0.05) is 6.20 Å². The van der Waals surface area contributed by atoms with Gasteiger partial charge in [-0.05, 0) is 25.5 Å². The largest absolute Gasteiger partial charge is 0.335 e. The molecule has 0 radical (unpaired) electrons. The standard InChI is InChI=1S/C10H17N2O4P/c1-3-15-17(14,16-4-2)8-9-5-6-11-7-10(9)12-13/h5-7,12-13H,3-4,8H2,1-2H3. The van der Waals surface area contributed by atoms with Crippen molar-refractivity contribution in [2.24, 2.45) is 0 Å². The first-order valence-electron chi connectivity index (χ1n) is 5.36. The highest BCUT2D eigenvalue weighted by Gasteiger charge is 2.25. The molecule has 2 N–H and O–H groups in total. The minimum atomic E-state index is -3.16. The van der Waals surface area contributed by atoms with Crippen LogP contribution >= 0.6 is 7.60 Å². The van der Waals surface area contributed by atoms with Gasteiger partial charge in [0.1, 0.15) is 0 Å². The van der Waals surface area contributed by atoms with Gasteiger partial charge >= 0.3 is 7.60 Å². The molecule has 96 valence electrons. The van der Waals surface area contributed by atoms with Crippen LogP contribution < -0.4 is 5.48 Å². The Balaban J connectivity index is 2.89. The quantitative estimate of drug-likeness (QED) is 0.579. The topological polar surface area (TPSA) is 80.7 Å². The summed E-state index contributed by atoms with van der Waals surface area (Å²) >= 11 is 0. The summed E-state index contributed by atoms with van der Waals surface area (Å²) in [6.07, 6.45) is 3.09. The molecule has 1 aromatic rings. The van der Waals surface area contributed by atoms with Gasteiger partial charge in [0.05, 0.1) is 31.3 Å². The molecule has 0 unspecified atom stereocenters. The van der Waals surface area contributed by atoms with Crippen LogP contribution in [0.1, 0.15) is 19.4 Å².